The monoisotopic (exact) mass is 332 g/mol. The van der Waals surface area contributed by atoms with Crippen LogP contribution in [-0.4, -0.2) is 16.6 Å². The Morgan fingerprint density at radius 2 is 2.10 bits per heavy atom. The van der Waals surface area contributed by atoms with Crippen LogP contribution in [0.5, 0.6) is 0 Å². The van der Waals surface area contributed by atoms with Crippen LogP contribution >= 0.6 is 24.0 Å². The van der Waals surface area contributed by atoms with Crippen molar-refractivity contribution >= 4 is 29.7 Å². The summed E-state index contributed by atoms with van der Waals surface area (Å²) in [6, 6.07) is 7.17. The van der Waals surface area contributed by atoms with E-state index in [-0.39, 0.29) is 29.7 Å². The fourth-order valence-corrected chi connectivity index (χ4v) is 2.01. The van der Waals surface area contributed by atoms with Crippen molar-refractivity contribution < 1.29 is 14.4 Å². The normalized spacial score (nSPS) is 11.8. The summed E-state index contributed by atoms with van der Waals surface area (Å²) in [7, 11) is 0. The number of hydrogen-bond acceptors (Lipinski definition) is 5. The minimum absolute atomic E-state index is 0. The summed E-state index contributed by atoms with van der Waals surface area (Å²) in [5.74, 6) is 0.815. The molecule has 8 heteroatoms. The molecule has 0 radical (unpaired) electrons. The molecule has 2 rings (SSSR count). The Morgan fingerprint density at radius 3 is 2.71 bits per heavy atom. The molecule has 0 aliphatic heterocycles. The smallest absolute Gasteiger partial charge is 0.281 e. The molecule has 1 unspecified atom stereocenters. The molecule has 6 nitrogen and oxygen atoms in total. The zero-order chi connectivity index (χ0) is 14.7. The van der Waals surface area contributed by atoms with Crippen molar-refractivity contribution in [3.63, 3.8) is 0 Å². The number of hydrogen-bond donors (Lipinski definition) is 2. The van der Waals surface area contributed by atoms with E-state index in [0.29, 0.717) is 23.5 Å². The Morgan fingerprint density at radius 1 is 1.38 bits per heavy atom. The number of rotatable bonds is 5. The van der Waals surface area contributed by atoms with Crippen LogP contribution in [-0.2, 0) is 0 Å². The molecular formula is C13H14Cl2N2O4. The third-order valence-electron chi connectivity index (χ3n) is 2.85. The predicted octanol–water partition coefficient (Wildman–Crippen LogP) is 3.31. The molecule has 0 saturated carbocycles. The van der Waals surface area contributed by atoms with Gasteiger partial charge in [-0.2, -0.15) is 0 Å². The van der Waals surface area contributed by atoms with Gasteiger partial charge in [0, 0.05) is 17.7 Å². The van der Waals surface area contributed by atoms with Crippen LogP contribution in [0.2, 0.25) is 5.02 Å². The first-order chi connectivity index (χ1) is 9.52. The van der Waals surface area contributed by atoms with Crippen molar-refractivity contribution in [1.29, 1.82) is 0 Å². The number of halogens is 2. The molecule has 0 aliphatic carbocycles. The molecule has 1 atom stereocenters. The number of furan rings is 1. The number of nitro benzene ring substituents is 1. The van der Waals surface area contributed by atoms with Gasteiger partial charge in [-0.05, 0) is 30.7 Å². The number of nitro groups is 1. The molecule has 0 aliphatic rings. The van der Waals surface area contributed by atoms with Crippen LogP contribution in [0, 0.1) is 10.1 Å². The lowest BCUT2D eigenvalue weighted by atomic mass is 10.1. The van der Waals surface area contributed by atoms with Gasteiger partial charge in [0.2, 0.25) is 0 Å². The zero-order valence-electron chi connectivity index (χ0n) is 10.9. The van der Waals surface area contributed by atoms with E-state index >= 15 is 0 Å². The summed E-state index contributed by atoms with van der Waals surface area (Å²) in [5.41, 5.74) is 6.01. The van der Waals surface area contributed by atoms with Crippen LogP contribution < -0.4 is 5.73 Å². The van der Waals surface area contributed by atoms with Gasteiger partial charge >= 0.3 is 0 Å². The Kier molecular flexibility index (Phi) is 6.17. The molecule has 21 heavy (non-hydrogen) atoms. The van der Waals surface area contributed by atoms with Gasteiger partial charge in [0.1, 0.15) is 11.5 Å². The molecule has 0 fully saturated rings. The number of nitrogens with zero attached hydrogens (tertiary/aromatic N) is 1. The Labute approximate surface area is 132 Å². The molecule has 0 spiro atoms. The molecule has 1 aromatic heterocycles. The number of benzene rings is 1. The maximum atomic E-state index is 11.0. The maximum Gasteiger partial charge on any atom is 0.281 e. The van der Waals surface area contributed by atoms with Crippen LogP contribution in [0.4, 0.5) is 5.69 Å². The summed E-state index contributed by atoms with van der Waals surface area (Å²) in [5, 5.41) is 20.2. The van der Waals surface area contributed by atoms with E-state index in [1.54, 1.807) is 18.2 Å². The van der Waals surface area contributed by atoms with Crippen molar-refractivity contribution in [3.05, 3.63) is 51.2 Å². The number of aliphatic hydroxyl groups excluding tert-OH is 1. The van der Waals surface area contributed by atoms with Crippen molar-refractivity contribution in [3.8, 4) is 11.3 Å². The zero-order valence-corrected chi connectivity index (χ0v) is 12.4. The van der Waals surface area contributed by atoms with Crippen molar-refractivity contribution in [2.24, 2.45) is 5.73 Å². The minimum atomic E-state index is -0.517. The van der Waals surface area contributed by atoms with Crippen LogP contribution in [0.3, 0.4) is 0 Å². The third kappa shape index (κ3) is 3.95. The van der Waals surface area contributed by atoms with E-state index in [9.17, 15) is 10.1 Å². The first-order valence-electron chi connectivity index (χ1n) is 5.93. The van der Waals surface area contributed by atoms with Gasteiger partial charge in [-0.15, -0.1) is 12.4 Å². The second-order valence-corrected chi connectivity index (χ2v) is 4.68. The predicted molar refractivity (Wildman–Crippen MR) is 81.7 cm³/mol. The lowest BCUT2D eigenvalue weighted by Gasteiger charge is -2.06. The second-order valence-electron chi connectivity index (χ2n) is 4.24. The van der Waals surface area contributed by atoms with Crippen molar-refractivity contribution in [2.45, 2.75) is 12.5 Å². The summed E-state index contributed by atoms with van der Waals surface area (Å²) in [6.45, 7) is -0.0572. The first-order valence-corrected chi connectivity index (χ1v) is 6.31. The SMILES string of the molecule is Cl.NC(CCO)c1ccc(-c2ccc(Cl)cc2[N+](=O)[O-])o1. The molecule has 0 amide bonds. The Balaban J connectivity index is 0.00000220. The third-order valence-corrected chi connectivity index (χ3v) is 3.09. The largest absolute Gasteiger partial charge is 0.459 e. The highest BCUT2D eigenvalue weighted by molar-refractivity contribution is 6.30. The highest BCUT2D eigenvalue weighted by Crippen LogP contribution is 2.34. The van der Waals surface area contributed by atoms with Gasteiger partial charge in [0.15, 0.2) is 0 Å². The van der Waals surface area contributed by atoms with Gasteiger partial charge in [-0.3, -0.25) is 10.1 Å². The average Bonchev–Trinajstić information content (AvgIpc) is 2.88. The molecule has 1 aromatic carbocycles. The van der Waals surface area contributed by atoms with E-state index in [2.05, 4.69) is 0 Å². The van der Waals surface area contributed by atoms with Crippen molar-refractivity contribution in [1.82, 2.24) is 0 Å². The standard InChI is InChI=1S/C13H13ClN2O4.ClH/c14-8-1-2-9(11(7-8)16(18)19)12-3-4-13(20-12)10(15)5-6-17;/h1-4,7,10,17H,5-6,15H2;1H. The van der Waals surface area contributed by atoms with Gasteiger partial charge in [0.05, 0.1) is 16.5 Å². The van der Waals surface area contributed by atoms with Gasteiger partial charge in [0.25, 0.3) is 5.69 Å². The molecule has 0 bridgehead atoms. The number of nitrogens with two attached hydrogens (primary N) is 1. The first kappa shape index (κ1) is 17.5. The average molecular weight is 333 g/mol. The molecule has 3 N–H and O–H groups in total. The van der Waals surface area contributed by atoms with Crippen LogP contribution in [0.15, 0.2) is 34.7 Å². The fraction of sp³-hybridized carbons (Fsp3) is 0.231. The van der Waals surface area contributed by atoms with Gasteiger partial charge < -0.3 is 15.3 Å². The summed E-state index contributed by atoms with van der Waals surface area (Å²) in [4.78, 5) is 10.5. The van der Waals surface area contributed by atoms with Gasteiger partial charge in [-0.1, -0.05) is 11.6 Å². The Bertz CT molecular complexity index is 630. The number of aliphatic hydroxyl groups is 1. The highest BCUT2D eigenvalue weighted by Gasteiger charge is 2.20. The molecule has 0 saturated heterocycles. The molecule has 114 valence electrons. The quantitative estimate of drug-likeness (QED) is 0.645. The van der Waals surface area contributed by atoms with E-state index in [1.165, 1.54) is 12.1 Å². The molecule has 2 aromatic rings. The van der Waals surface area contributed by atoms with Crippen LogP contribution in [0.25, 0.3) is 11.3 Å². The fourth-order valence-electron chi connectivity index (χ4n) is 1.84. The summed E-state index contributed by atoms with van der Waals surface area (Å²) < 4.78 is 5.53. The second kappa shape index (κ2) is 7.42. The minimum Gasteiger partial charge on any atom is -0.459 e. The van der Waals surface area contributed by atoms with E-state index in [1.807, 2.05) is 0 Å². The Hall–Kier alpha value is -1.60. The highest BCUT2D eigenvalue weighted by atomic mass is 35.5. The summed E-state index contributed by atoms with van der Waals surface area (Å²) in [6.07, 6.45) is 0.357. The van der Waals surface area contributed by atoms with Gasteiger partial charge in [-0.25, -0.2) is 0 Å². The molecular weight excluding hydrogens is 319 g/mol. The lowest BCUT2D eigenvalue weighted by Crippen LogP contribution is -2.10. The summed E-state index contributed by atoms with van der Waals surface area (Å²) >= 11 is 5.76. The van der Waals surface area contributed by atoms with E-state index in [0.717, 1.165) is 0 Å². The van der Waals surface area contributed by atoms with E-state index in [4.69, 9.17) is 26.9 Å². The lowest BCUT2D eigenvalue weighted by molar-refractivity contribution is -0.384. The topological polar surface area (TPSA) is 103 Å². The van der Waals surface area contributed by atoms with Crippen molar-refractivity contribution in [2.75, 3.05) is 6.61 Å². The van der Waals surface area contributed by atoms with Crippen LogP contribution in [0.1, 0.15) is 18.2 Å². The van der Waals surface area contributed by atoms with E-state index < -0.39 is 11.0 Å². The molecule has 1 heterocycles. The maximum absolute atomic E-state index is 11.0.